The molecule has 0 saturated heterocycles. The maximum absolute atomic E-state index is 3.19. The maximum Gasteiger partial charge on any atom is 0.179 e. The SMILES string of the molecule is CCCC1=CCC=C1[Si](c1cc(Cc2ccccc2)cc(Cc2ccccc2)c1)(c1cc(Cc2ccccc2)cc(Cc2ccccc2)c1)c1cc(Cc2ccccc2)cc(Cc2ccccc2)c1. The zero-order valence-electron chi connectivity index (χ0n) is 40.0. The van der Waals surface area contributed by atoms with Crippen LogP contribution in [0.3, 0.4) is 0 Å². The Bertz CT molecular complexity index is 2660. The number of allylic oxidation sites excluding steroid dienone is 4. The Morgan fingerprint density at radius 1 is 0.290 bits per heavy atom. The minimum Gasteiger partial charge on any atom is -0.0801 e. The molecular formula is C68H62Si. The van der Waals surface area contributed by atoms with Crippen LogP contribution in [0.4, 0.5) is 0 Å². The van der Waals surface area contributed by atoms with Crippen LogP contribution in [0.1, 0.15) is 92.9 Å². The smallest absolute Gasteiger partial charge is 0.0801 e. The van der Waals surface area contributed by atoms with Crippen LogP contribution in [0.15, 0.2) is 260 Å². The van der Waals surface area contributed by atoms with Crippen molar-refractivity contribution in [2.45, 2.75) is 64.7 Å². The van der Waals surface area contributed by atoms with Crippen LogP contribution in [-0.4, -0.2) is 8.07 Å². The first-order valence-electron chi connectivity index (χ1n) is 25.1. The van der Waals surface area contributed by atoms with Gasteiger partial charge in [-0.3, -0.25) is 0 Å². The van der Waals surface area contributed by atoms with Crippen molar-refractivity contribution in [1.82, 2.24) is 0 Å². The Morgan fingerprint density at radius 3 is 0.768 bits per heavy atom. The highest BCUT2D eigenvalue weighted by Crippen LogP contribution is 2.34. The second-order valence-electron chi connectivity index (χ2n) is 19.2. The maximum atomic E-state index is 2.65. The molecule has 0 radical (unpaired) electrons. The summed E-state index contributed by atoms with van der Waals surface area (Å²) in [5, 5.41) is 5.99. The van der Waals surface area contributed by atoms with Gasteiger partial charge in [-0.05, 0) is 139 Å². The van der Waals surface area contributed by atoms with Gasteiger partial charge in [0.1, 0.15) is 0 Å². The molecule has 10 rings (SSSR count). The van der Waals surface area contributed by atoms with E-state index in [1.807, 2.05) is 0 Å². The highest BCUT2D eigenvalue weighted by atomic mass is 28.3. The number of rotatable bonds is 18. The molecule has 0 spiro atoms. The fraction of sp³-hybridized carbons (Fsp3) is 0.147. The molecule has 0 bridgehead atoms. The molecule has 1 aliphatic carbocycles. The van der Waals surface area contributed by atoms with Gasteiger partial charge >= 0.3 is 0 Å². The van der Waals surface area contributed by atoms with E-state index in [9.17, 15) is 0 Å². The average molecular weight is 907 g/mol. The van der Waals surface area contributed by atoms with Gasteiger partial charge in [0.05, 0.1) is 0 Å². The molecule has 0 fully saturated rings. The summed E-state index contributed by atoms with van der Waals surface area (Å²) in [6.45, 7) is 2.36. The van der Waals surface area contributed by atoms with E-state index in [0.29, 0.717) is 0 Å². The lowest BCUT2D eigenvalue weighted by Gasteiger charge is -2.38. The number of hydrogen-bond donors (Lipinski definition) is 0. The van der Waals surface area contributed by atoms with Crippen molar-refractivity contribution in [2.24, 2.45) is 0 Å². The van der Waals surface area contributed by atoms with Crippen LogP contribution in [0.25, 0.3) is 0 Å². The van der Waals surface area contributed by atoms with E-state index < -0.39 is 8.07 Å². The molecule has 0 saturated carbocycles. The van der Waals surface area contributed by atoms with Gasteiger partial charge in [0.15, 0.2) is 8.07 Å². The lowest BCUT2D eigenvalue weighted by Crippen LogP contribution is -2.69. The first-order valence-corrected chi connectivity index (χ1v) is 27.1. The standard InChI is InChI=1S/C68H62Si/c1-2-22-64-35-21-36-68(64)69(65-46-58(37-52-23-9-3-10-24-52)43-59(47-65)38-53-25-11-4-12-26-53,66-48-60(39-54-27-13-5-14-28-54)44-61(49-66)40-55-29-15-6-16-30-55)67-50-62(41-56-31-17-7-18-32-56)45-63(51-67)42-57-33-19-8-20-34-57/h3-20,23-36,43-51H,2,21-22,37-42H2,1H3. The number of benzene rings is 9. The van der Waals surface area contributed by atoms with E-state index in [-0.39, 0.29) is 0 Å². The molecule has 338 valence electrons. The van der Waals surface area contributed by atoms with E-state index >= 15 is 0 Å². The third kappa shape index (κ3) is 11.0. The second-order valence-corrected chi connectivity index (χ2v) is 22.9. The van der Waals surface area contributed by atoms with Crippen molar-refractivity contribution in [3.05, 3.63) is 326 Å². The van der Waals surface area contributed by atoms with Gasteiger partial charge in [0.2, 0.25) is 0 Å². The summed E-state index contributed by atoms with van der Waals surface area (Å²) in [4.78, 5) is 0. The summed E-state index contributed by atoms with van der Waals surface area (Å²) < 4.78 is 0. The van der Waals surface area contributed by atoms with Gasteiger partial charge in [0.25, 0.3) is 0 Å². The van der Waals surface area contributed by atoms with E-state index in [1.54, 1.807) is 5.20 Å². The lowest BCUT2D eigenvalue weighted by molar-refractivity contribution is 0.923. The monoisotopic (exact) mass is 906 g/mol. The lowest BCUT2D eigenvalue weighted by atomic mass is 9.99. The van der Waals surface area contributed by atoms with Crippen LogP contribution in [0, 0.1) is 0 Å². The van der Waals surface area contributed by atoms with Crippen LogP contribution >= 0.6 is 0 Å². The Morgan fingerprint density at radius 2 is 0.536 bits per heavy atom. The van der Waals surface area contributed by atoms with Crippen molar-refractivity contribution in [3.63, 3.8) is 0 Å². The molecule has 9 aromatic rings. The molecule has 9 aromatic carbocycles. The van der Waals surface area contributed by atoms with E-state index in [4.69, 9.17) is 0 Å². The third-order valence-electron chi connectivity index (χ3n) is 13.9. The molecule has 0 aromatic heterocycles. The zero-order valence-corrected chi connectivity index (χ0v) is 41.0. The van der Waals surface area contributed by atoms with E-state index in [0.717, 1.165) is 57.8 Å². The molecule has 0 heterocycles. The van der Waals surface area contributed by atoms with Gasteiger partial charge < -0.3 is 0 Å². The first kappa shape index (κ1) is 45.5. The molecule has 0 atom stereocenters. The molecule has 1 heteroatoms. The molecule has 0 aliphatic heterocycles. The van der Waals surface area contributed by atoms with Crippen LogP contribution in [0.2, 0.25) is 0 Å². The molecule has 0 nitrogen and oxygen atoms in total. The zero-order chi connectivity index (χ0) is 46.7. The highest BCUT2D eigenvalue weighted by Gasteiger charge is 2.46. The van der Waals surface area contributed by atoms with Crippen LogP contribution < -0.4 is 15.6 Å². The molecule has 69 heavy (non-hydrogen) atoms. The van der Waals surface area contributed by atoms with Crippen molar-refractivity contribution in [1.29, 1.82) is 0 Å². The average Bonchev–Trinajstić information content (AvgIpc) is 3.84. The normalized spacial score (nSPS) is 12.4. The fourth-order valence-electron chi connectivity index (χ4n) is 11.0. The Labute approximate surface area is 412 Å². The van der Waals surface area contributed by atoms with E-state index in [2.05, 4.69) is 256 Å². The van der Waals surface area contributed by atoms with Gasteiger partial charge in [-0.2, -0.15) is 0 Å². The first-order chi connectivity index (χ1) is 34.1. The minimum atomic E-state index is -3.19. The molecule has 0 amide bonds. The molecule has 1 aliphatic rings. The summed E-state index contributed by atoms with van der Waals surface area (Å²) in [5.74, 6) is 0. The van der Waals surface area contributed by atoms with Crippen LogP contribution in [0.5, 0.6) is 0 Å². The van der Waals surface area contributed by atoms with Gasteiger partial charge in [0, 0.05) is 0 Å². The van der Waals surface area contributed by atoms with Crippen molar-refractivity contribution < 1.29 is 0 Å². The molecule has 0 N–H and O–H groups in total. The summed E-state index contributed by atoms with van der Waals surface area (Å²) in [5.41, 5.74) is 17.8. The predicted octanol–water partition coefficient (Wildman–Crippen LogP) is 14.3. The third-order valence-corrected chi connectivity index (χ3v) is 18.7. The minimum absolute atomic E-state index is 0.873. The van der Waals surface area contributed by atoms with Crippen molar-refractivity contribution >= 4 is 23.6 Å². The Hall–Kier alpha value is -7.32. The highest BCUT2D eigenvalue weighted by molar-refractivity contribution is 7.16. The van der Waals surface area contributed by atoms with E-state index in [1.165, 1.54) is 87.9 Å². The topological polar surface area (TPSA) is 0 Å². The van der Waals surface area contributed by atoms with Gasteiger partial charge in [-0.25, -0.2) is 0 Å². The summed E-state index contributed by atoms with van der Waals surface area (Å²) in [6, 6.07) is 90.0. The van der Waals surface area contributed by atoms with Gasteiger partial charge in [-0.15, -0.1) is 0 Å². The molecular weight excluding hydrogens is 845 g/mol. The quantitative estimate of drug-likeness (QED) is 0.0594. The summed E-state index contributed by atoms with van der Waals surface area (Å²) in [6.07, 6.45) is 13.6. The fourth-order valence-corrected chi connectivity index (χ4v) is 16.4. The molecule has 0 unspecified atom stereocenters. The van der Waals surface area contributed by atoms with Crippen LogP contribution in [-0.2, 0) is 38.5 Å². The number of hydrogen-bond acceptors (Lipinski definition) is 0. The van der Waals surface area contributed by atoms with Crippen molar-refractivity contribution in [2.75, 3.05) is 0 Å². The summed E-state index contributed by atoms with van der Waals surface area (Å²) >= 11 is 0. The predicted molar refractivity (Wildman–Crippen MR) is 295 cm³/mol. The Kier molecular flexibility index (Phi) is 14.3. The summed E-state index contributed by atoms with van der Waals surface area (Å²) in [7, 11) is -3.19. The Balaban J connectivity index is 1.31. The second kappa shape index (κ2) is 21.7. The van der Waals surface area contributed by atoms with Crippen molar-refractivity contribution in [3.8, 4) is 0 Å². The van der Waals surface area contributed by atoms with Gasteiger partial charge in [-0.1, -0.05) is 268 Å². The largest absolute Gasteiger partial charge is 0.179 e.